The van der Waals surface area contributed by atoms with Gasteiger partial charge in [0.1, 0.15) is 29.4 Å². The SMILES string of the molecule is Cc1ccc(COc2ccc3oc(C)c(C(=O)NC4(CO)CCOCC4)c3c2)nn1. The molecular weight excluding hydrogens is 386 g/mol. The molecule has 1 fully saturated rings. The molecule has 4 rings (SSSR count). The van der Waals surface area contributed by atoms with Gasteiger partial charge in [0.15, 0.2) is 0 Å². The predicted octanol–water partition coefficient (Wildman–Crippen LogP) is 2.69. The number of amides is 1. The number of rotatable bonds is 6. The minimum atomic E-state index is -0.677. The molecule has 8 nitrogen and oxygen atoms in total. The molecule has 30 heavy (non-hydrogen) atoms. The van der Waals surface area contributed by atoms with Crippen LogP contribution in [-0.4, -0.2) is 46.6 Å². The van der Waals surface area contributed by atoms with Gasteiger partial charge < -0.3 is 24.3 Å². The molecule has 2 N–H and O–H groups in total. The standard InChI is InChI=1S/C22H25N3O5/c1-14-3-4-16(25-24-14)12-29-17-5-6-19-18(11-17)20(15(2)30-19)21(27)23-22(13-26)7-9-28-10-8-22/h3-6,11,26H,7-10,12-13H2,1-2H3,(H,23,27). The number of nitrogens with zero attached hydrogens (tertiary/aromatic N) is 2. The van der Waals surface area contributed by atoms with Crippen LogP contribution < -0.4 is 10.1 Å². The lowest BCUT2D eigenvalue weighted by Gasteiger charge is -2.36. The van der Waals surface area contributed by atoms with Gasteiger partial charge in [0.2, 0.25) is 0 Å². The van der Waals surface area contributed by atoms with Gasteiger partial charge >= 0.3 is 0 Å². The van der Waals surface area contributed by atoms with E-state index >= 15 is 0 Å². The summed E-state index contributed by atoms with van der Waals surface area (Å²) in [6, 6.07) is 9.11. The molecule has 0 saturated carbocycles. The van der Waals surface area contributed by atoms with E-state index in [1.54, 1.807) is 25.1 Å². The molecule has 1 aliphatic heterocycles. The van der Waals surface area contributed by atoms with Crippen molar-refractivity contribution in [3.8, 4) is 5.75 Å². The van der Waals surface area contributed by atoms with Gasteiger partial charge in [-0.15, -0.1) is 0 Å². The Labute approximate surface area is 174 Å². The monoisotopic (exact) mass is 411 g/mol. The lowest BCUT2D eigenvalue weighted by atomic mass is 9.90. The van der Waals surface area contributed by atoms with Crippen molar-refractivity contribution < 1.29 is 23.8 Å². The van der Waals surface area contributed by atoms with E-state index in [4.69, 9.17) is 13.9 Å². The minimum absolute atomic E-state index is 0.136. The summed E-state index contributed by atoms with van der Waals surface area (Å²) in [6.45, 7) is 4.78. The second kappa shape index (κ2) is 8.41. The van der Waals surface area contributed by atoms with Crippen LogP contribution in [0.1, 0.15) is 40.3 Å². The van der Waals surface area contributed by atoms with Gasteiger partial charge in [-0.2, -0.15) is 10.2 Å². The van der Waals surface area contributed by atoms with Crippen LogP contribution in [0, 0.1) is 13.8 Å². The summed E-state index contributed by atoms with van der Waals surface area (Å²) < 4.78 is 17.0. The fourth-order valence-electron chi connectivity index (χ4n) is 3.62. The molecule has 3 heterocycles. The number of aryl methyl sites for hydroxylation is 2. The van der Waals surface area contributed by atoms with Crippen molar-refractivity contribution in [3.05, 3.63) is 53.0 Å². The molecule has 1 amide bonds. The van der Waals surface area contributed by atoms with Crippen LogP contribution in [0.2, 0.25) is 0 Å². The third-order valence-corrected chi connectivity index (χ3v) is 5.43. The minimum Gasteiger partial charge on any atom is -0.487 e. The first-order valence-corrected chi connectivity index (χ1v) is 9.96. The van der Waals surface area contributed by atoms with Crippen molar-refractivity contribution in [1.82, 2.24) is 15.5 Å². The lowest BCUT2D eigenvalue weighted by Crippen LogP contribution is -2.54. The lowest BCUT2D eigenvalue weighted by molar-refractivity contribution is 0.0125. The summed E-state index contributed by atoms with van der Waals surface area (Å²) in [4.78, 5) is 13.1. The zero-order valence-corrected chi connectivity index (χ0v) is 17.1. The summed E-state index contributed by atoms with van der Waals surface area (Å²) in [5, 5.41) is 21.7. The van der Waals surface area contributed by atoms with Crippen LogP contribution in [0.5, 0.6) is 5.75 Å². The number of fused-ring (bicyclic) bond motifs is 1. The number of aliphatic hydroxyl groups excluding tert-OH is 1. The molecule has 1 aromatic carbocycles. The van der Waals surface area contributed by atoms with E-state index in [0.29, 0.717) is 59.8 Å². The van der Waals surface area contributed by atoms with Crippen LogP contribution in [0.15, 0.2) is 34.7 Å². The maximum atomic E-state index is 13.1. The number of hydrogen-bond acceptors (Lipinski definition) is 7. The number of nitrogens with one attached hydrogen (secondary N) is 1. The molecule has 0 atom stereocenters. The zero-order chi connectivity index (χ0) is 21.1. The Bertz CT molecular complexity index is 1040. The summed E-state index contributed by atoms with van der Waals surface area (Å²) >= 11 is 0. The average Bonchev–Trinajstić information content (AvgIpc) is 3.09. The molecular formula is C22H25N3O5. The predicted molar refractivity (Wildman–Crippen MR) is 109 cm³/mol. The molecule has 1 aliphatic rings. The number of benzene rings is 1. The van der Waals surface area contributed by atoms with Crippen LogP contribution >= 0.6 is 0 Å². The fraction of sp³-hybridized carbons (Fsp3) is 0.409. The normalized spacial score (nSPS) is 15.8. The summed E-state index contributed by atoms with van der Waals surface area (Å²) in [6.07, 6.45) is 1.13. The molecule has 2 aromatic heterocycles. The number of carbonyl (C=O) groups excluding carboxylic acids is 1. The average molecular weight is 411 g/mol. The number of ether oxygens (including phenoxy) is 2. The Balaban J connectivity index is 1.56. The smallest absolute Gasteiger partial charge is 0.255 e. The van der Waals surface area contributed by atoms with Crippen molar-refractivity contribution >= 4 is 16.9 Å². The van der Waals surface area contributed by atoms with E-state index in [2.05, 4.69) is 15.5 Å². The quantitative estimate of drug-likeness (QED) is 0.642. The highest BCUT2D eigenvalue weighted by Crippen LogP contribution is 2.30. The third-order valence-electron chi connectivity index (χ3n) is 5.43. The molecule has 0 aliphatic carbocycles. The van der Waals surface area contributed by atoms with Crippen molar-refractivity contribution in [2.24, 2.45) is 0 Å². The van der Waals surface area contributed by atoms with Crippen LogP contribution in [-0.2, 0) is 11.3 Å². The molecule has 0 spiro atoms. The van der Waals surface area contributed by atoms with Gasteiger partial charge in [-0.1, -0.05) is 0 Å². The molecule has 8 heteroatoms. The molecule has 0 bridgehead atoms. The first-order chi connectivity index (χ1) is 14.5. The second-order valence-electron chi connectivity index (χ2n) is 7.65. The highest BCUT2D eigenvalue weighted by atomic mass is 16.5. The van der Waals surface area contributed by atoms with E-state index in [1.165, 1.54) is 0 Å². The second-order valence-corrected chi connectivity index (χ2v) is 7.65. The number of aromatic nitrogens is 2. The topological polar surface area (TPSA) is 107 Å². The Hall–Kier alpha value is -2.97. The summed E-state index contributed by atoms with van der Waals surface area (Å²) in [7, 11) is 0. The Morgan fingerprint density at radius 1 is 1.20 bits per heavy atom. The molecule has 0 radical (unpaired) electrons. The van der Waals surface area contributed by atoms with Crippen LogP contribution in [0.25, 0.3) is 11.0 Å². The maximum absolute atomic E-state index is 13.1. The fourth-order valence-corrected chi connectivity index (χ4v) is 3.62. The Morgan fingerprint density at radius 3 is 2.70 bits per heavy atom. The van der Waals surface area contributed by atoms with Crippen molar-refractivity contribution in [3.63, 3.8) is 0 Å². The van der Waals surface area contributed by atoms with E-state index in [-0.39, 0.29) is 19.1 Å². The maximum Gasteiger partial charge on any atom is 0.255 e. The molecule has 158 valence electrons. The van der Waals surface area contributed by atoms with Crippen molar-refractivity contribution in [1.29, 1.82) is 0 Å². The number of carbonyl (C=O) groups is 1. The first kappa shape index (κ1) is 20.3. The van der Waals surface area contributed by atoms with Gasteiger partial charge in [0.25, 0.3) is 5.91 Å². The van der Waals surface area contributed by atoms with Gasteiger partial charge in [-0.05, 0) is 57.0 Å². The van der Waals surface area contributed by atoms with Gasteiger partial charge in [-0.3, -0.25) is 4.79 Å². The number of furan rings is 1. The number of hydrogen-bond donors (Lipinski definition) is 2. The van der Waals surface area contributed by atoms with Crippen molar-refractivity contribution in [2.45, 2.75) is 38.8 Å². The van der Waals surface area contributed by atoms with E-state index < -0.39 is 5.54 Å². The van der Waals surface area contributed by atoms with Gasteiger partial charge in [0, 0.05) is 18.6 Å². The summed E-state index contributed by atoms with van der Waals surface area (Å²) in [5.41, 5.74) is 1.93. The Morgan fingerprint density at radius 2 is 2.00 bits per heavy atom. The van der Waals surface area contributed by atoms with E-state index in [9.17, 15) is 9.90 Å². The van der Waals surface area contributed by atoms with Gasteiger partial charge in [0.05, 0.1) is 23.4 Å². The highest BCUT2D eigenvalue weighted by molar-refractivity contribution is 6.07. The third kappa shape index (κ3) is 4.15. The van der Waals surface area contributed by atoms with Crippen LogP contribution in [0.4, 0.5) is 0 Å². The van der Waals surface area contributed by atoms with E-state index in [1.807, 2.05) is 19.1 Å². The van der Waals surface area contributed by atoms with E-state index in [0.717, 1.165) is 5.69 Å². The molecule has 3 aromatic rings. The largest absolute Gasteiger partial charge is 0.487 e. The van der Waals surface area contributed by atoms with Crippen LogP contribution in [0.3, 0.4) is 0 Å². The highest BCUT2D eigenvalue weighted by Gasteiger charge is 2.35. The molecule has 1 saturated heterocycles. The van der Waals surface area contributed by atoms with Crippen molar-refractivity contribution in [2.75, 3.05) is 19.8 Å². The zero-order valence-electron chi connectivity index (χ0n) is 17.1. The summed E-state index contributed by atoms with van der Waals surface area (Å²) in [5.74, 6) is 0.843. The van der Waals surface area contributed by atoms with Gasteiger partial charge in [-0.25, -0.2) is 0 Å². The molecule has 0 unspecified atom stereocenters. The first-order valence-electron chi connectivity index (χ1n) is 9.96. The number of aliphatic hydroxyl groups is 1. The Kier molecular flexibility index (Phi) is 5.69.